The van der Waals surface area contributed by atoms with E-state index in [9.17, 15) is 8.78 Å². The Morgan fingerprint density at radius 2 is 1.86 bits per heavy atom. The van der Waals surface area contributed by atoms with E-state index in [1.54, 1.807) is 6.07 Å². The molecule has 0 radical (unpaired) electrons. The smallest absolute Gasteiger partial charge is 0.272 e. The summed E-state index contributed by atoms with van der Waals surface area (Å²) in [6, 6.07) is 5.52. The first-order valence-corrected chi connectivity index (χ1v) is 8.02. The molecule has 0 unspecified atom stereocenters. The molecule has 1 saturated heterocycles. The molecule has 0 atom stereocenters. The van der Waals surface area contributed by atoms with E-state index in [0.29, 0.717) is 5.75 Å². The number of rotatable bonds is 6. The van der Waals surface area contributed by atoms with Crippen LogP contribution in [0.25, 0.3) is 0 Å². The molecule has 1 aromatic carbocycles. The number of benzene rings is 1. The van der Waals surface area contributed by atoms with Crippen molar-refractivity contribution >= 4 is 15.9 Å². The highest BCUT2D eigenvalue weighted by Crippen LogP contribution is 2.25. The van der Waals surface area contributed by atoms with Gasteiger partial charge in [-0.3, -0.25) is 4.90 Å². The van der Waals surface area contributed by atoms with E-state index in [1.165, 1.54) is 0 Å². The maximum Gasteiger partial charge on any atom is 0.272 e. The average molecular weight is 363 g/mol. The van der Waals surface area contributed by atoms with Crippen molar-refractivity contribution in [2.75, 3.05) is 39.3 Å². The van der Waals surface area contributed by atoms with Crippen molar-refractivity contribution in [1.82, 2.24) is 9.80 Å². The van der Waals surface area contributed by atoms with E-state index in [1.807, 2.05) is 12.1 Å². The molecule has 0 aromatic heterocycles. The van der Waals surface area contributed by atoms with Gasteiger partial charge in [0.25, 0.3) is 6.43 Å². The number of alkyl halides is 2. The second kappa shape index (κ2) is 8.06. The Kier molecular flexibility index (Phi) is 6.39. The molecule has 3 nitrogen and oxygen atoms in total. The van der Waals surface area contributed by atoms with E-state index >= 15 is 0 Å². The molecule has 2 rings (SSSR count). The van der Waals surface area contributed by atoms with Crippen LogP contribution in [0.3, 0.4) is 0 Å². The average Bonchev–Trinajstić information content (AvgIpc) is 2.47. The van der Waals surface area contributed by atoms with Gasteiger partial charge in [0, 0.05) is 42.8 Å². The van der Waals surface area contributed by atoms with Crippen LogP contribution in [-0.2, 0) is 6.54 Å². The van der Waals surface area contributed by atoms with E-state index < -0.39 is 13.0 Å². The first-order valence-electron chi connectivity index (χ1n) is 7.22. The first-order chi connectivity index (χ1) is 10.1. The molecule has 21 heavy (non-hydrogen) atoms. The molecule has 0 amide bonds. The fraction of sp³-hybridized carbons (Fsp3) is 0.600. The normalized spacial score (nSPS) is 17.4. The number of piperazine rings is 1. The lowest BCUT2D eigenvalue weighted by atomic mass is 10.1. The zero-order valence-corrected chi connectivity index (χ0v) is 13.8. The Hall–Kier alpha value is -0.720. The van der Waals surface area contributed by atoms with Crippen LogP contribution in [0.15, 0.2) is 22.7 Å². The van der Waals surface area contributed by atoms with Crippen molar-refractivity contribution < 1.29 is 13.5 Å². The number of hydrogen-bond acceptors (Lipinski definition) is 3. The van der Waals surface area contributed by atoms with Gasteiger partial charge in [-0.05, 0) is 24.7 Å². The molecule has 118 valence electrons. The van der Waals surface area contributed by atoms with E-state index in [-0.39, 0.29) is 0 Å². The minimum Gasteiger partial charge on any atom is -0.487 e. The highest BCUT2D eigenvalue weighted by atomic mass is 79.9. The zero-order chi connectivity index (χ0) is 15.2. The minimum absolute atomic E-state index is 0.552. The second-order valence-corrected chi connectivity index (χ2v) is 6.08. The summed E-state index contributed by atoms with van der Waals surface area (Å²) in [5, 5.41) is 0. The number of nitrogens with zero attached hydrogens (tertiary/aromatic N) is 2. The molecule has 0 spiro atoms. The molecule has 1 fully saturated rings. The van der Waals surface area contributed by atoms with Gasteiger partial charge < -0.3 is 9.64 Å². The number of hydrogen-bond donors (Lipinski definition) is 0. The van der Waals surface area contributed by atoms with E-state index in [0.717, 1.165) is 49.3 Å². The monoisotopic (exact) mass is 362 g/mol. The molecule has 0 saturated carbocycles. The summed E-state index contributed by atoms with van der Waals surface area (Å²) < 4.78 is 30.8. The van der Waals surface area contributed by atoms with Gasteiger partial charge in [-0.1, -0.05) is 22.9 Å². The molecule has 0 bridgehead atoms. The number of likely N-dealkylation sites (N-methyl/N-ethyl adjacent to an activating group) is 1. The quantitative estimate of drug-likeness (QED) is 0.772. The van der Waals surface area contributed by atoms with Gasteiger partial charge >= 0.3 is 0 Å². The second-order valence-electron chi connectivity index (χ2n) is 5.16. The largest absolute Gasteiger partial charge is 0.487 e. The summed E-state index contributed by atoms with van der Waals surface area (Å²) in [7, 11) is 0. The van der Waals surface area contributed by atoms with Crippen LogP contribution in [0.2, 0.25) is 0 Å². The third kappa shape index (κ3) is 5.20. The Bertz CT molecular complexity index is 451. The van der Waals surface area contributed by atoms with Gasteiger partial charge in [-0.15, -0.1) is 0 Å². The summed E-state index contributed by atoms with van der Waals surface area (Å²) in [5.74, 6) is 0.552. The lowest BCUT2D eigenvalue weighted by molar-refractivity contribution is 0.0801. The summed E-state index contributed by atoms with van der Waals surface area (Å²) in [6.45, 7) is 7.51. The van der Waals surface area contributed by atoms with Crippen LogP contribution >= 0.6 is 15.9 Å². The summed E-state index contributed by atoms with van der Waals surface area (Å²) >= 11 is 3.43. The Balaban J connectivity index is 1.99. The SMILES string of the molecule is CCN1CCN(Cc2cc(Br)ccc2OCC(F)F)CC1. The molecule has 1 aromatic rings. The molecular formula is C15H21BrF2N2O. The van der Waals surface area contributed by atoms with Crippen LogP contribution in [0, 0.1) is 0 Å². The van der Waals surface area contributed by atoms with Crippen LogP contribution < -0.4 is 4.74 Å². The number of halogens is 3. The highest BCUT2D eigenvalue weighted by molar-refractivity contribution is 9.10. The molecular weight excluding hydrogens is 342 g/mol. The third-order valence-corrected chi connectivity index (χ3v) is 4.19. The highest BCUT2D eigenvalue weighted by Gasteiger charge is 2.17. The van der Waals surface area contributed by atoms with Crippen molar-refractivity contribution in [1.29, 1.82) is 0 Å². The van der Waals surface area contributed by atoms with Crippen molar-refractivity contribution in [2.45, 2.75) is 19.9 Å². The predicted octanol–water partition coefficient (Wildman–Crippen LogP) is 3.23. The Labute approximate surface area is 133 Å². The molecule has 0 aliphatic carbocycles. The van der Waals surface area contributed by atoms with Gasteiger partial charge in [-0.25, -0.2) is 8.78 Å². The van der Waals surface area contributed by atoms with Crippen molar-refractivity contribution in [2.24, 2.45) is 0 Å². The van der Waals surface area contributed by atoms with E-state index in [4.69, 9.17) is 4.74 Å². The van der Waals surface area contributed by atoms with Crippen molar-refractivity contribution in [3.63, 3.8) is 0 Å². The molecule has 1 aliphatic heterocycles. The van der Waals surface area contributed by atoms with E-state index in [2.05, 4.69) is 32.7 Å². The van der Waals surface area contributed by atoms with Gasteiger partial charge in [0.1, 0.15) is 12.4 Å². The maximum atomic E-state index is 12.3. The molecule has 1 aliphatic rings. The summed E-state index contributed by atoms with van der Waals surface area (Å²) in [5.41, 5.74) is 0.954. The minimum atomic E-state index is -2.45. The van der Waals surface area contributed by atoms with Gasteiger partial charge in [0.05, 0.1) is 0 Å². The lowest BCUT2D eigenvalue weighted by Crippen LogP contribution is -2.45. The van der Waals surface area contributed by atoms with Gasteiger partial charge in [0.15, 0.2) is 0 Å². The zero-order valence-electron chi connectivity index (χ0n) is 12.2. The Morgan fingerprint density at radius 1 is 1.19 bits per heavy atom. The molecule has 1 heterocycles. The first kappa shape index (κ1) is 16.6. The Morgan fingerprint density at radius 3 is 2.48 bits per heavy atom. The fourth-order valence-corrected chi connectivity index (χ4v) is 2.88. The van der Waals surface area contributed by atoms with Gasteiger partial charge in [-0.2, -0.15) is 0 Å². The molecule has 0 N–H and O–H groups in total. The standard InChI is InChI=1S/C15H21BrF2N2O/c1-2-19-5-7-20(8-6-19)10-12-9-13(16)3-4-14(12)21-11-15(17)18/h3-4,9,15H,2,5-8,10-11H2,1H3. The maximum absolute atomic E-state index is 12.3. The molecule has 6 heteroatoms. The summed E-state index contributed by atoms with van der Waals surface area (Å²) in [4.78, 5) is 4.74. The third-order valence-electron chi connectivity index (χ3n) is 3.69. The van der Waals surface area contributed by atoms with Crippen LogP contribution in [0.4, 0.5) is 8.78 Å². The number of ether oxygens (including phenoxy) is 1. The van der Waals surface area contributed by atoms with Crippen molar-refractivity contribution in [3.8, 4) is 5.75 Å². The summed E-state index contributed by atoms with van der Waals surface area (Å²) in [6.07, 6.45) is -2.45. The van der Waals surface area contributed by atoms with Crippen LogP contribution in [0.1, 0.15) is 12.5 Å². The fourth-order valence-electron chi connectivity index (χ4n) is 2.47. The van der Waals surface area contributed by atoms with Crippen LogP contribution in [0.5, 0.6) is 5.75 Å². The van der Waals surface area contributed by atoms with Crippen molar-refractivity contribution in [3.05, 3.63) is 28.2 Å². The lowest BCUT2D eigenvalue weighted by Gasteiger charge is -2.34. The van der Waals surface area contributed by atoms with Gasteiger partial charge in [0.2, 0.25) is 0 Å². The topological polar surface area (TPSA) is 15.7 Å². The van der Waals surface area contributed by atoms with Crippen LogP contribution in [-0.4, -0.2) is 55.6 Å². The predicted molar refractivity (Wildman–Crippen MR) is 83.0 cm³/mol.